The molecule has 3 N–H and O–H groups in total. The van der Waals surface area contributed by atoms with Crippen molar-refractivity contribution in [1.29, 1.82) is 0 Å². The zero-order valence-electron chi connectivity index (χ0n) is 13.7. The summed E-state index contributed by atoms with van der Waals surface area (Å²) in [5.41, 5.74) is 1.89. The number of ether oxygens (including phenoxy) is 1. The standard InChI is InChI=1S/C17H25N3O2/c1-12(20-16(21)22-17(2,3)4)9-18-10-13-11-19-15-8-6-5-7-14(13)15/h5-8,11-12,18-19H,9-10H2,1-4H3,(H,20,21). The summed E-state index contributed by atoms with van der Waals surface area (Å²) in [6.07, 6.45) is 1.64. The maximum absolute atomic E-state index is 11.7. The van der Waals surface area contributed by atoms with E-state index in [4.69, 9.17) is 4.74 Å². The van der Waals surface area contributed by atoms with E-state index in [2.05, 4.69) is 27.8 Å². The SMILES string of the molecule is CC(CNCc1c[nH]c2ccccc12)NC(=O)OC(C)(C)C. The molecule has 0 saturated heterocycles. The van der Waals surface area contributed by atoms with Gasteiger partial charge in [0.25, 0.3) is 0 Å². The Balaban J connectivity index is 1.77. The molecular weight excluding hydrogens is 278 g/mol. The quantitative estimate of drug-likeness (QED) is 0.795. The van der Waals surface area contributed by atoms with E-state index in [0.29, 0.717) is 6.54 Å². The van der Waals surface area contributed by atoms with Crippen molar-refractivity contribution in [3.8, 4) is 0 Å². The predicted octanol–water partition coefficient (Wildman–Crippen LogP) is 3.17. The minimum absolute atomic E-state index is 0.0000519. The molecule has 1 atom stereocenters. The van der Waals surface area contributed by atoms with Crippen LogP contribution in [0.3, 0.4) is 0 Å². The summed E-state index contributed by atoms with van der Waals surface area (Å²) in [6, 6.07) is 8.21. The van der Waals surface area contributed by atoms with E-state index < -0.39 is 5.60 Å². The summed E-state index contributed by atoms with van der Waals surface area (Å²) in [5, 5.41) is 7.40. The first kappa shape index (κ1) is 16.4. The fourth-order valence-corrected chi connectivity index (χ4v) is 2.26. The van der Waals surface area contributed by atoms with Gasteiger partial charge in [-0.25, -0.2) is 4.79 Å². The second-order valence-corrected chi connectivity index (χ2v) is 6.54. The second-order valence-electron chi connectivity index (χ2n) is 6.54. The molecule has 1 unspecified atom stereocenters. The van der Waals surface area contributed by atoms with Gasteiger partial charge in [-0.15, -0.1) is 0 Å². The van der Waals surface area contributed by atoms with Gasteiger partial charge in [0.1, 0.15) is 5.60 Å². The molecule has 0 saturated carbocycles. The summed E-state index contributed by atoms with van der Waals surface area (Å²) in [5.74, 6) is 0. The molecule has 0 radical (unpaired) electrons. The van der Waals surface area contributed by atoms with Crippen LogP contribution in [0.2, 0.25) is 0 Å². The van der Waals surface area contributed by atoms with E-state index in [1.54, 1.807) is 0 Å². The highest BCUT2D eigenvalue weighted by atomic mass is 16.6. The largest absolute Gasteiger partial charge is 0.444 e. The molecular formula is C17H25N3O2. The number of para-hydroxylation sites is 1. The summed E-state index contributed by atoms with van der Waals surface area (Å²) >= 11 is 0. The molecule has 120 valence electrons. The van der Waals surface area contributed by atoms with Crippen molar-refractivity contribution in [3.63, 3.8) is 0 Å². The average Bonchev–Trinajstić information content (AvgIpc) is 2.80. The number of hydrogen-bond acceptors (Lipinski definition) is 3. The van der Waals surface area contributed by atoms with Gasteiger partial charge >= 0.3 is 6.09 Å². The number of nitrogens with one attached hydrogen (secondary N) is 3. The van der Waals surface area contributed by atoms with Crippen molar-refractivity contribution in [2.45, 2.75) is 45.9 Å². The Morgan fingerprint density at radius 2 is 2.05 bits per heavy atom. The van der Waals surface area contributed by atoms with Crippen LogP contribution in [0.4, 0.5) is 4.79 Å². The van der Waals surface area contributed by atoms with Gasteiger partial charge in [-0.1, -0.05) is 18.2 Å². The number of hydrogen-bond donors (Lipinski definition) is 3. The third-order valence-electron chi connectivity index (χ3n) is 3.20. The van der Waals surface area contributed by atoms with E-state index in [9.17, 15) is 4.79 Å². The molecule has 0 aliphatic rings. The zero-order valence-corrected chi connectivity index (χ0v) is 13.7. The van der Waals surface area contributed by atoms with Gasteiger partial charge < -0.3 is 20.4 Å². The molecule has 0 fully saturated rings. The highest BCUT2D eigenvalue weighted by Gasteiger charge is 2.17. The highest BCUT2D eigenvalue weighted by molar-refractivity contribution is 5.82. The van der Waals surface area contributed by atoms with Crippen LogP contribution >= 0.6 is 0 Å². The number of aromatic nitrogens is 1. The van der Waals surface area contributed by atoms with Crippen LogP contribution in [0.5, 0.6) is 0 Å². The first-order valence-electron chi connectivity index (χ1n) is 7.60. The topological polar surface area (TPSA) is 66.2 Å². The van der Waals surface area contributed by atoms with Crippen LogP contribution in [0.1, 0.15) is 33.3 Å². The average molecular weight is 303 g/mol. The molecule has 2 aromatic rings. The van der Waals surface area contributed by atoms with Crippen LogP contribution in [0.25, 0.3) is 10.9 Å². The van der Waals surface area contributed by atoms with E-state index >= 15 is 0 Å². The number of fused-ring (bicyclic) bond motifs is 1. The number of amides is 1. The molecule has 0 bridgehead atoms. The molecule has 22 heavy (non-hydrogen) atoms. The van der Waals surface area contributed by atoms with Crippen LogP contribution in [-0.4, -0.2) is 29.3 Å². The normalized spacial score (nSPS) is 13.1. The highest BCUT2D eigenvalue weighted by Crippen LogP contribution is 2.17. The van der Waals surface area contributed by atoms with Crippen molar-refractivity contribution in [2.75, 3.05) is 6.54 Å². The fraction of sp³-hybridized carbons (Fsp3) is 0.471. The molecule has 5 heteroatoms. The van der Waals surface area contributed by atoms with Crippen molar-refractivity contribution >= 4 is 17.0 Å². The lowest BCUT2D eigenvalue weighted by molar-refractivity contribution is 0.0508. The summed E-state index contributed by atoms with van der Waals surface area (Å²) in [6.45, 7) is 8.95. The van der Waals surface area contributed by atoms with Gasteiger partial charge in [-0.2, -0.15) is 0 Å². The number of H-pyrrole nitrogens is 1. The van der Waals surface area contributed by atoms with Crippen LogP contribution in [-0.2, 0) is 11.3 Å². The Kier molecular flexibility index (Phi) is 5.08. The second kappa shape index (κ2) is 6.83. The van der Waals surface area contributed by atoms with Crippen LogP contribution < -0.4 is 10.6 Å². The Morgan fingerprint density at radius 1 is 1.32 bits per heavy atom. The molecule has 1 heterocycles. The number of rotatable bonds is 5. The number of alkyl carbamates (subject to hydrolysis) is 1. The Hall–Kier alpha value is -2.01. The molecule has 0 spiro atoms. The molecule has 0 aliphatic heterocycles. The monoisotopic (exact) mass is 303 g/mol. The first-order valence-corrected chi connectivity index (χ1v) is 7.60. The van der Waals surface area contributed by atoms with Gasteiger partial charge in [0.15, 0.2) is 0 Å². The Labute approximate surface area is 131 Å². The Morgan fingerprint density at radius 3 is 2.77 bits per heavy atom. The summed E-state index contributed by atoms with van der Waals surface area (Å²) in [7, 11) is 0. The molecule has 1 aromatic carbocycles. The van der Waals surface area contributed by atoms with Crippen molar-refractivity contribution in [2.24, 2.45) is 0 Å². The minimum atomic E-state index is -0.471. The van der Waals surface area contributed by atoms with Crippen molar-refractivity contribution < 1.29 is 9.53 Å². The number of aromatic amines is 1. The maximum atomic E-state index is 11.7. The lowest BCUT2D eigenvalue weighted by Crippen LogP contribution is -2.42. The third kappa shape index (κ3) is 4.77. The zero-order chi connectivity index (χ0) is 16.2. The fourth-order valence-electron chi connectivity index (χ4n) is 2.26. The van der Waals surface area contributed by atoms with Crippen LogP contribution in [0, 0.1) is 0 Å². The van der Waals surface area contributed by atoms with Crippen molar-refractivity contribution in [3.05, 3.63) is 36.0 Å². The first-order chi connectivity index (χ1) is 10.3. The number of carbonyl (C=O) groups excluding carboxylic acids is 1. The minimum Gasteiger partial charge on any atom is -0.444 e. The molecule has 1 amide bonds. The Bertz CT molecular complexity index is 628. The lowest BCUT2D eigenvalue weighted by Gasteiger charge is -2.22. The predicted molar refractivity (Wildman–Crippen MR) is 88.8 cm³/mol. The van der Waals surface area contributed by atoms with Gasteiger partial charge in [-0.3, -0.25) is 0 Å². The van der Waals surface area contributed by atoms with Crippen molar-refractivity contribution in [1.82, 2.24) is 15.6 Å². The van der Waals surface area contributed by atoms with Gasteiger partial charge in [0.05, 0.1) is 0 Å². The third-order valence-corrected chi connectivity index (χ3v) is 3.20. The molecule has 2 rings (SSSR count). The lowest BCUT2D eigenvalue weighted by atomic mass is 10.2. The van der Waals surface area contributed by atoms with E-state index in [1.807, 2.05) is 46.0 Å². The van der Waals surface area contributed by atoms with Crippen LogP contribution in [0.15, 0.2) is 30.5 Å². The molecule has 1 aromatic heterocycles. The number of benzene rings is 1. The molecule has 5 nitrogen and oxygen atoms in total. The van der Waals surface area contributed by atoms with E-state index in [1.165, 1.54) is 10.9 Å². The van der Waals surface area contributed by atoms with Gasteiger partial charge in [0.2, 0.25) is 0 Å². The van der Waals surface area contributed by atoms with Gasteiger partial charge in [0, 0.05) is 36.2 Å². The van der Waals surface area contributed by atoms with E-state index in [0.717, 1.165) is 12.1 Å². The number of carbonyl (C=O) groups is 1. The van der Waals surface area contributed by atoms with Gasteiger partial charge in [-0.05, 0) is 39.3 Å². The summed E-state index contributed by atoms with van der Waals surface area (Å²) < 4.78 is 5.24. The molecule has 0 aliphatic carbocycles. The summed E-state index contributed by atoms with van der Waals surface area (Å²) in [4.78, 5) is 14.9. The smallest absolute Gasteiger partial charge is 0.407 e. The van der Waals surface area contributed by atoms with E-state index in [-0.39, 0.29) is 12.1 Å². The maximum Gasteiger partial charge on any atom is 0.407 e.